The van der Waals surface area contributed by atoms with Crippen molar-refractivity contribution in [1.82, 2.24) is 0 Å². The first-order chi connectivity index (χ1) is 14.8. The lowest BCUT2D eigenvalue weighted by Gasteiger charge is -2.23. The van der Waals surface area contributed by atoms with Gasteiger partial charge in [-0.3, -0.25) is 19.7 Å². The lowest BCUT2D eigenvalue weighted by atomic mass is 9.83. The Labute approximate surface area is 178 Å². The normalized spacial score (nSPS) is 13.9. The molecule has 0 fully saturated rings. The maximum Gasteiger partial charge on any atom is 0.382 e. The summed E-state index contributed by atoms with van der Waals surface area (Å²) in [5.74, 6) is -4.77. The number of nitro groups is 1. The molecule has 1 aromatic rings. The first-order valence-electron chi connectivity index (χ1n) is 9.86. The molecular weight excluding hydrogens is 414 g/mol. The van der Waals surface area contributed by atoms with Gasteiger partial charge in [0.15, 0.2) is 17.4 Å². The largest absolute Gasteiger partial charge is 0.465 e. The number of carbonyl (C=O) groups is 3. The van der Waals surface area contributed by atoms with Crippen molar-refractivity contribution in [2.24, 2.45) is 5.92 Å². The van der Waals surface area contributed by atoms with E-state index in [1.165, 1.54) is 25.1 Å². The van der Waals surface area contributed by atoms with Crippen LogP contribution < -0.4 is 9.47 Å². The Morgan fingerprint density at radius 3 is 2.06 bits per heavy atom. The van der Waals surface area contributed by atoms with E-state index in [9.17, 15) is 24.5 Å². The molecule has 11 heteroatoms. The Hall–Kier alpha value is -3.37. The maximum atomic E-state index is 12.5. The molecule has 0 saturated carbocycles. The van der Waals surface area contributed by atoms with Crippen molar-refractivity contribution in [2.45, 2.75) is 39.2 Å². The summed E-state index contributed by atoms with van der Waals surface area (Å²) in [7, 11) is 0. The molecule has 0 amide bonds. The highest BCUT2D eigenvalue weighted by atomic mass is 16.7. The van der Waals surface area contributed by atoms with Gasteiger partial charge >= 0.3 is 23.9 Å². The van der Waals surface area contributed by atoms with Gasteiger partial charge in [-0.25, -0.2) is 4.79 Å². The molecule has 2 rings (SSSR count). The number of esters is 3. The van der Waals surface area contributed by atoms with Gasteiger partial charge in [0, 0.05) is 4.92 Å². The molecule has 1 heterocycles. The van der Waals surface area contributed by atoms with Crippen LogP contribution in [-0.2, 0) is 28.6 Å². The van der Waals surface area contributed by atoms with Crippen LogP contribution in [0.4, 0.5) is 0 Å². The molecule has 2 atom stereocenters. The first kappa shape index (κ1) is 23.9. The Morgan fingerprint density at radius 2 is 1.52 bits per heavy atom. The van der Waals surface area contributed by atoms with Crippen LogP contribution in [0.15, 0.2) is 18.2 Å². The van der Waals surface area contributed by atoms with E-state index in [-0.39, 0.29) is 26.6 Å². The lowest BCUT2D eigenvalue weighted by molar-refractivity contribution is -0.515. The summed E-state index contributed by atoms with van der Waals surface area (Å²) in [5.41, 5.74) is 0.303. The van der Waals surface area contributed by atoms with Crippen LogP contribution in [0.3, 0.4) is 0 Å². The van der Waals surface area contributed by atoms with Gasteiger partial charge in [0.05, 0.1) is 25.7 Å². The maximum absolute atomic E-state index is 12.5. The quantitative estimate of drug-likeness (QED) is 0.165. The molecule has 1 aromatic carbocycles. The predicted molar refractivity (Wildman–Crippen MR) is 104 cm³/mol. The van der Waals surface area contributed by atoms with Crippen molar-refractivity contribution in [2.75, 3.05) is 26.6 Å². The smallest absolute Gasteiger partial charge is 0.382 e. The van der Waals surface area contributed by atoms with Crippen LogP contribution in [0.25, 0.3) is 0 Å². The number of carbonyl (C=O) groups excluding carboxylic acids is 3. The molecule has 0 bridgehead atoms. The van der Waals surface area contributed by atoms with Crippen LogP contribution in [0, 0.1) is 16.0 Å². The zero-order valence-electron chi connectivity index (χ0n) is 17.5. The van der Waals surface area contributed by atoms with Gasteiger partial charge in [-0.1, -0.05) is 6.07 Å². The van der Waals surface area contributed by atoms with Gasteiger partial charge in [-0.15, -0.1) is 0 Å². The summed E-state index contributed by atoms with van der Waals surface area (Å²) in [6.45, 7) is 4.55. The SMILES string of the molecule is CCOC(=O)C(C[C@@H](c1ccc2c(c1)OCO2)[C@@H](C(=O)OCC)[N+](=O)[O-])C(=O)OCC. The van der Waals surface area contributed by atoms with Crippen LogP contribution in [-0.4, -0.2) is 55.5 Å². The highest BCUT2D eigenvalue weighted by Gasteiger charge is 2.45. The molecule has 1 aliphatic heterocycles. The Kier molecular flexibility index (Phi) is 8.59. The topological polar surface area (TPSA) is 140 Å². The van der Waals surface area contributed by atoms with E-state index in [0.717, 1.165) is 0 Å². The van der Waals surface area contributed by atoms with Gasteiger partial charge in [-0.2, -0.15) is 0 Å². The Balaban J connectivity index is 2.50. The van der Waals surface area contributed by atoms with Gasteiger partial charge < -0.3 is 23.7 Å². The molecule has 0 N–H and O–H groups in total. The lowest BCUT2D eigenvalue weighted by Crippen LogP contribution is -2.40. The number of ether oxygens (including phenoxy) is 5. The molecule has 1 aliphatic rings. The van der Waals surface area contributed by atoms with E-state index >= 15 is 0 Å². The van der Waals surface area contributed by atoms with Crippen molar-refractivity contribution >= 4 is 17.9 Å². The minimum absolute atomic E-state index is 0.0000297. The second-order valence-electron chi connectivity index (χ2n) is 6.49. The molecule has 0 radical (unpaired) electrons. The minimum atomic E-state index is -1.87. The van der Waals surface area contributed by atoms with Crippen LogP contribution in [0.5, 0.6) is 11.5 Å². The van der Waals surface area contributed by atoms with Crippen LogP contribution >= 0.6 is 0 Å². The number of hydrogen-bond acceptors (Lipinski definition) is 10. The van der Waals surface area contributed by atoms with E-state index in [0.29, 0.717) is 17.1 Å². The number of nitrogens with zero attached hydrogens (tertiary/aromatic N) is 1. The molecule has 0 aliphatic carbocycles. The third-order valence-electron chi connectivity index (χ3n) is 4.59. The summed E-state index contributed by atoms with van der Waals surface area (Å²) in [6, 6.07) is 2.67. The highest BCUT2D eigenvalue weighted by molar-refractivity contribution is 5.95. The number of hydrogen-bond donors (Lipinski definition) is 0. The number of rotatable bonds is 11. The Morgan fingerprint density at radius 1 is 0.968 bits per heavy atom. The van der Waals surface area contributed by atoms with E-state index in [4.69, 9.17) is 23.7 Å². The average molecular weight is 439 g/mol. The van der Waals surface area contributed by atoms with E-state index in [2.05, 4.69) is 0 Å². The molecular formula is C20H25NO10. The van der Waals surface area contributed by atoms with E-state index < -0.39 is 47.1 Å². The molecule has 0 spiro atoms. The van der Waals surface area contributed by atoms with Crippen molar-refractivity contribution in [3.63, 3.8) is 0 Å². The summed E-state index contributed by atoms with van der Waals surface area (Å²) in [6.07, 6.45) is -0.401. The second kappa shape index (κ2) is 11.1. The predicted octanol–water partition coefficient (Wildman–Crippen LogP) is 1.84. The standard InChI is InChI=1S/C20H25NO10/c1-4-27-18(22)14(19(23)28-5-2)10-13(17(21(25)26)20(24)29-6-3)12-7-8-15-16(9-12)31-11-30-15/h7-9,13-14,17H,4-6,10-11H2,1-3H3/t13-,17-/m0/s1. The van der Waals surface area contributed by atoms with Crippen LogP contribution in [0.2, 0.25) is 0 Å². The molecule has 0 aromatic heterocycles. The van der Waals surface area contributed by atoms with Gasteiger partial charge in [0.1, 0.15) is 0 Å². The molecule has 0 saturated heterocycles. The fourth-order valence-corrected chi connectivity index (χ4v) is 3.24. The van der Waals surface area contributed by atoms with E-state index in [1.54, 1.807) is 13.8 Å². The summed E-state index contributed by atoms with van der Waals surface area (Å²) >= 11 is 0. The van der Waals surface area contributed by atoms with Crippen molar-refractivity contribution in [3.05, 3.63) is 33.9 Å². The summed E-state index contributed by atoms with van der Waals surface area (Å²) < 4.78 is 25.4. The van der Waals surface area contributed by atoms with Crippen molar-refractivity contribution < 1.29 is 43.0 Å². The zero-order chi connectivity index (χ0) is 23.0. The Bertz CT molecular complexity index is 806. The first-order valence-corrected chi connectivity index (χ1v) is 9.86. The summed E-state index contributed by atoms with van der Waals surface area (Å²) in [4.78, 5) is 48.4. The van der Waals surface area contributed by atoms with Gasteiger partial charge in [0.25, 0.3) is 0 Å². The number of fused-ring (bicyclic) bond motifs is 1. The fraction of sp³-hybridized carbons (Fsp3) is 0.550. The van der Waals surface area contributed by atoms with Gasteiger partial charge in [-0.05, 0) is 44.9 Å². The third-order valence-corrected chi connectivity index (χ3v) is 4.59. The van der Waals surface area contributed by atoms with E-state index in [1.807, 2.05) is 0 Å². The zero-order valence-corrected chi connectivity index (χ0v) is 17.5. The molecule has 0 unspecified atom stereocenters. The monoisotopic (exact) mass is 439 g/mol. The van der Waals surface area contributed by atoms with Crippen LogP contribution in [0.1, 0.15) is 38.7 Å². The van der Waals surface area contributed by atoms with Crippen molar-refractivity contribution in [1.29, 1.82) is 0 Å². The van der Waals surface area contributed by atoms with Gasteiger partial charge in [0.2, 0.25) is 6.79 Å². The fourth-order valence-electron chi connectivity index (χ4n) is 3.24. The van der Waals surface area contributed by atoms with Crippen molar-refractivity contribution in [3.8, 4) is 11.5 Å². The third kappa shape index (κ3) is 5.83. The minimum Gasteiger partial charge on any atom is -0.465 e. The summed E-state index contributed by atoms with van der Waals surface area (Å²) in [5, 5.41) is 11.9. The second-order valence-corrected chi connectivity index (χ2v) is 6.49. The number of benzene rings is 1. The molecule has 170 valence electrons. The molecule has 11 nitrogen and oxygen atoms in total. The molecule has 31 heavy (non-hydrogen) atoms. The average Bonchev–Trinajstić information content (AvgIpc) is 3.18. The highest BCUT2D eigenvalue weighted by Crippen LogP contribution is 2.38.